The van der Waals surface area contributed by atoms with Crippen molar-refractivity contribution in [2.75, 3.05) is 13.7 Å². The molecule has 0 bridgehead atoms. The Morgan fingerprint density at radius 2 is 2.21 bits per heavy atom. The van der Waals surface area contributed by atoms with E-state index in [9.17, 15) is 4.79 Å². The molecule has 0 aliphatic carbocycles. The Hall–Kier alpha value is -0.780. The van der Waals surface area contributed by atoms with Gasteiger partial charge in [0.2, 0.25) is 5.91 Å². The number of rotatable bonds is 6. The van der Waals surface area contributed by atoms with Crippen LogP contribution in [0.3, 0.4) is 0 Å². The molecule has 1 atom stereocenters. The number of benzene rings is 1. The molecule has 19 heavy (non-hydrogen) atoms. The minimum atomic E-state index is -0.0301. The maximum Gasteiger partial charge on any atom is 0.220 e. The van der Waals surface area contributed by atoms with Gasteiger partial charge in [0.15, 0.2) is 0 Å². The summed E-state index contributed by atoms with van der Waals surface area (Å²) in [6.07, 6.45) is 1.18. The van der Waals surface area contributed by atoms with Crippen LogP contribution in [-0.4, -0.2) is 19.6 Å². The number of methoxy groups -OCH3 is 1. The predicted molar refractivity (Wildman–Crippen MR) is 82.8 cm³/mol. The van der Waals surface area contributed by atoms with Gasteiger partial charge in [-0.3, -0.25) is 4.79 Å². The van der Waals surface area contributed by atoms with Gasteiger partial charge < -0.3 is 15.8 Å². The molecular formula is C13H20BrClN2O2. The zero-order chi connectivity index (χ0) is 13.5. The third-order valence-corrected chi connectivity index (χ3v) is 3.28. The number of nitrogens with one attached hydrogen (secondary N) is 1. The van der Waals surface area contributed by atoms with Crippen LogP contribution in [0.1, 0.15) is 31.4 Å². The van der Waals surface area contributed by atoms with Crippen molar-refractivity contribution in [1.82, 2.24) is 5.32 Å². The molecule has 0 radical (unpaired) electrons. The molecule has 0 aromatic heterocycles. The Morgan fingerprint density at radius 1 is 1.53 bits per heavy atom. The molecule has 0 spiro atoms. The summed E-state index contributed by atoms with van der Waals surface area (Å²) < 4.78 is 6.05. The van der Waals surface area contributed by atoms with E-state index >= 15 is 0 Å². The number of hydrogen-bond donors (Lipinski definition) is 2. The van der Waals surface area contributed by atoms with E-state index in [1.165, 1.54) is 0 Å². The highest BCUT2D eigenvalue weighted by atomic mass is 79.9. The van der Waals surface area contributed by atoms with Crippen LogP contribution in [0.5, 0.6) is 5.75 Å². The van der Waals surface area contributed by atoms with Crippen LogP contribution in [0.2, 0.25) is 0 Å². The van der Waals surface area contributed by atoms with Crippen LogP contribution in [0.4, 0.5) is 0 Å². The van der Waals surface area contributed by atoms with E-state index in [2.05, 4.69) is 21.2 Å². The topological polar surface area (TPSA) is 64.3 Å². The molecule has 1 rings (SSSR count). The van der Waals surface area contributed by atoms with Crippen molar-refractivity contribution in [1.29, 1.82) is 0 Å². The van der Waals surface area contributed by atoms with Crippen LogP contribution >= 0.6 is 28.3 Å². The molecule has 3 N–H and O–H groups in total. The van der Waals surface area contributed by atoms with Crippen molar-refractivity contribution >= 4 is 34.2 Å². The lowest BCUT2D eigenvalue weighted by atomic mass is 10.1. The zero-order valence-corrected chi connectivity index (χ0v) is 13.5. The molecule has 0 aliphatic heterocycles. The molecular weight excluding hydrogens is 332 g/mol. The molecule has 108 valence electrons. The molecule has 6 heteroatoms. The van der Waals surface area contributed by atoms with E-state index in [1.807, 2.05) is 25.1 Å². The van der Waals surface area contributed by atoms with E-state index in [4.69, 9.17) is 10.5 Å². The average Bonchev–Trinajstić information content (AvgIpc) is 2.36. The molecule has 0 heterocycles. The second kappa shape index (κ2) is 9.18. The number of hydrogen-bond acceptors (Lipinski definition) is 3. The molecule has 0 aliphatic rings. The van der Waals surface area contributed by atoms with Crippen molar-refractivity contribution < 1.29 is 9.53 Å². The summed E-state index contributed by atoms with van der Waals surface area (Å²) in [5.74, 6) is 0.806. The fourth-order valence-corrected chi connectivity index (χ4v) is 2.17. The van der Waals surface area contributed by atoms with Crippen molar-refractivity contribution in [3.05, 3.63) is 28.2 Å². The first-order valence-electron chi connectivity index (χ1n) is 5.91. The number of nitrogens with two attached hydrogens (primary N) is 1. The molecule has 0 fully saturated rings. The highest BCUT2D eigenvalue weighted by Gasteiger charge is 2.11. The Balaban J connectivity index is 0.00000324. The van der Waals surface area contributed by atoms with Gasteiger partial charge in [-0.05, 0) is 53.5 Å². The molecule has 4 nitrogen and oxygen atoms in total. The van der Waals surface area contributed by atoms with Gasteiger partial charge in [-0.25, -0.2) is 0 Å². The summed E-state index contributed by atoms with van der Waals surface area (Å²) >= 11 is 3.43. The van der Waals surface area contributed by atoms with Gasteiger partial charge in [0.1, 0.15) is 5.75 Å². The molecule has 0 saturated carbocycles. The number of amides is 1. The van der Waals surface area contributed by atoms with Crippen LogP contribution in [0.15, 0.2) is 22.7 Å². The third-order valence-electron chi connectivity index (χ3n) is 2.66. The standard InChI is InChI=1S/C13H19BrN2O2.ClH/c1-9(16-13(17)4-3-7-15)10-5-6-12(18-2)11(14)8-10;/h5-6,8-9H,3-4,7,15H2,1-2H3,(H,16,17);1H. The fourth-order valence-electron chi connectivity index (χ4n) is 1.61. The van der Waals surface area contributed by atoms with Gasteiger partial charge in [-0.1, -0.05) is 6.07 Å². The third kappa shape index (κ3) is 5.80. The first-order chi connectivity index (χ1) is 8.58. The average molecular weight is 352 g/mol. The Kier molecular flexibility index (Phi) is 8.80. The fraction of sp³-hybridized carbons (Fsp3) is 0.462. The van der Waals surface area contributed by atoms with Gasteiger partial charge >= 0.3 is 0 Å². The quantitative estimate of drug-likeness (QED) is 0.828. The maximum absolute atomic E-state index is 11.6. The van der Waals surface area contributed by atoms with Crippen LogP contribution in [-0.2, 0) is 4.79 Å². The highest BCUT2D eigenvalue weighted by Crippen LogP contribution is 2.27. The van der Waals surface area contributed by atoms with Crippen molar-refractivity contribution in [2.24, 2.45) is 5.73 Å². The van der Waals surface area contributed by atoms with Crippen LogP contribution in [0.25, 0.3) is 0 Å². The maximum atomic E-state index is 11.6. The molecule has 0 saturated heterocycles. The largest absolute Gasteiger partial charge is 0.496 e. The molecule has 1 aromatic carbocycles. The number of carbonyl (C=O) groups is 1. The highest BCUT2D eigenvalue weighted by molar-refractivity contribution is 9.10. The van der Waals surface area contributed by atoms with E-state index in [-0.39, 0.29) is 24.4 Å². The summed E-state index contributed by atoms with van der Waals surface area (Å²) in [6, 6.07) is 5.74. The Labute approximate surface area is 128 Å². The van der Waals surface area contributed by atoms with Crippen LogP contribution < -0.4 is 15.8 Å². The van der Waals surface area contributed by atoms with Gasteiger partial charge in [0.05, 0.1) is 17.6 Å². The van der Waals surface area contributed by atoms with Crippen molar-refractivity contribution in [3.8, 4) is 5.75 Å². The number of ether oxygens (including phenoxy) is 1. The summed E-state index contributed by atoms with van der Waals surface area (Å²) in [5.41, 5.74) is 6.40. The molecule has 1 amide bonds. The SMILES string of the molecule is COc1ccc(C(C)NC(=O)CCCN)cc1Br.Cl. The second-order valence-electron chi connectivity index (χ2n) is 4.08. The minimum Gasteiger partial charge on any atom is -0.496 e. The van der Waals surface area contributed by atoms with Crippen molar-refractivity contribution in [2.45, 2.75) is 25.8 Å². The summed E-state index contributed by atoms with van der Waals surface area (Å²) in [5, 5.41) is 2.94. The van der Waals surface area contributed by atoms with E-state index in [0.29, 0.717) is 19.4 Å². The smallest absolute Gasteiger partial charge is 0.220 e. The lowest BCUT2D eigenvalue weighted by Crippen LogP contribution is -2.26. The van der Waals surface area contributed by atoms with E-state index in [1.54, 1.807) is 7.11 Å². The van der Waals surface area contributed by atoms with Gasteiger partial charge in [-0.15, -0.1) is 12.4 Å². The predicted octanol–water partition coefficient (Wildman–Crippen LogP) is 2.80. The zero-order valence-electron chi connectivity index (χ0n) is 11.1. The molecule has 1 unspecified atom stereocenters. The Morgan fingerprint density at radius 3 is 2.74 bits per heavy atom. The van der Waals surface area contributed by atoms with Crippen LogP contribution in [0, 0.1) is 0 Å². The van der Waals surface area contributed by atoms with Crippen molar-refractivity contribution in [3.63, 3.8) is 0 Å². The van der Waals surface area contributed by atoms with E-state index < -0.39 is 0 Å². The Bertz CT molecular complexity index is 416. The first-order valence-corrected chi connectivity index (χ1v) is 6.70. The lowest BCUT2D eigenvalue weighted by molar-refractivity contribution is -0.121. The first kappa shape index (κ1) is 18.2. The van der Waals surface area contributed by atoms with Gasteiger partial charge in [0, 0.05) is 6.42 Å². The second-order valence-corrected chi connectivity index (χ2v) is 4.93. The minimum absolute atomic E-state index is 0. The monoisotopic (exact) mass is 350 g/mol. The molecule has 1 aromatic rings. The van der Waals surface area contributed by atoms with E-state index in [0.717, 1.165) is 15.8 Å². The summed E-state index contributed by atoms with van der Waals surface area (Å²) in [6.45, 7) is 2.49. The number of halogens is 2. The number of carbonyl (C=O) groups excluding carboxylic acids is 1. The summed E-state index contributed by atoms with van der Waals surface area (Å²) in [7, 11) is 1.62. The lowest BCUT2D eigenvalue weighted by Gasteiger charge is -2.15. The van der Waals surface area contributed by atoms with Gasteiger partial charge in [-0.2, -0.15) is 0 Å². The normalized spacial score (nSPS) is 11.4. The van der Waals surface area contributed by atoms with Gasteiger partial charge in [0.25, 0.3) is 0 Å². The summed E-state index contributed by atoms with van der Waals surface area (Å²) in [4.78, 5) is 11.6.